The Morgan fingerprint density at radius 2 is 2.43 bits per heavy atom. The van der Waals surface area contributed by atoms with Crippen molar-refractivity contribution in [2.24, 2.45) is 0 Å². The lowest BCUT2D eigenvalue weighted by Crippen LogP contribution is -1.91. The van der Waals surface area contributed by atoms with E-state index in [0.717, 1.165) is 0 Å². The second-order valence-corrected chi connectivity index (χ2v) is 1.42. The summed E-state index contributed by atoms with van der Waals surface area (Å²) in [6.45, 7) is 3.29. The van der Waals surface area contributed by atoms with Crippen LogP contribution in [0.2, 0.25) is 0 Å². The van der Waals surface area contributed by atoms with Crippen molar-refractivity contribution in [3.8, 4) is 0 Å². The van der Waals surface area contributed by atoms with Crippen molar-refractivity contribution in [2.45, 2.75) is 0 Å². The third-order valence-electron chi connectivity index (χ3n) is 0.282. The van der Waals surface area contributed by atoms with E-state index in [0.29, 0.717) is 0 Å². The van der Waals surface area contributed by atoms with E-state index in [9.17, 15) is 8.76 Å². The zero-order valence-corrected chi connectivity index (χ0v) is 4.44. The smallest absolute Gasteiger partial charge is 0.263 e. The van der Waals surface area contributed by atoms with Gasteiger partial charge in [0.1, 0.15) is 0 Å². The van der Waals surface area contributed by atoms with Crippen molar-refractivity contribution in [1.82, 2.24) is 0 Å². The predicted octanol–water partition coefficient (Wildman–Crippen LogP) is 0.198. The maximum atomic E-state index is 9.49. The lowest BCUT2D eigenvalue weighted by molar-refractivity contribution is 0.312. The second kappa shape index (κ2) is 3.98. The monoisotopic (exact) mass is 121 g/mol. The van der Waals surface area contributed by atoms with Gasteiger partial charge in [0.05, 0.1) is 6.61 Å². The van der Waals surface area contributed by atoms with Gasteiger partial charge >= 0.3 is 11.4 Å². The van der Waals surface area contributed by atoms with Crippen LogP contribution in [0.1, 0.15) is 0 Å². The van der Waals surface area contributed by atoms with Crippen LogP contribution in [0.15, 0.2) is 12.7 Å². The largest absolute Gasteiger partial charge is 0.335 e. The molecule has 0 aliphatic heterocycles. The van der Waals surface area contributed by atoms with Crippen LogP contribution in [0.5, 0.6) is 0 Å². The standard InChI is InChI=1S/C3H5O3S/c1-2-3-6-7(4)5/h2H,1,3H2. The summed E-state index contributed by atoms with van der Waals surface area (Å²) in [6.07, 6.45) is 1.36. The average molecular weight is 121 g/mol. The van der Waals surface area contributed by atoms with E-state index in [1.54, 1.807) is 0 Å². The molecule has 0 spiro atoms. The Bertz CT molecular complexity index is 80.2. The Morgan fingerprint density at radius 1 is 1.86 bits per heavy atom. The highest BCUT2D eigenvalue weighted by atomic mass is 32.2. The van der Waals surface area contributed by atoms with Gasteiger partial charge in [-0.1, -0.05) is 10.6 Å². The molecule has 0 bridgehead atoms. The van der Waals surface area contributed by atoms with Gasteiger partial charge in [-0.15, -0.1) is 6.58 Å². The van der Waals surface area contributed by atoms with E-state index < -0.39 is 11.4 Å². The molecule has 0 saturated carbocycles. The molecule has 4 heteroatoms. The second-order valence-electron chi connectivity index (χ2n) is 0.777. The Hall–Kier alpha value is -0.190. The van der Waals surface area contributed by atoms with Crippen LogP contribution < -0.4 is 0 Å². The summed E-state index contributed by atoms with van der Waals surface area (Å²) in [5.74, 6) is 0. The Labute approximate surface area is 44.5 Å². The van der Waals surface area contributed by atoms with Gasteiger partial charge in [-0.3, -0.25) is 4.18 Å². The Morgan fingerprint density at radius 3 is 2.57 bits per heavy atom. The predicted molar refractivity (Wildman–Crippen MR) is 25.0 cm³/mol. The zero-order valence-electron chi connectivity index (χ0n) is 3.62. The van der Waals surface area contributed by atoms with Gasteiger partial charge in [-0.05, 0) is 0 Å². The molecular weight excluding hydrogens is 116 g/mol. The van der Waals surface area contributed by atoms with Gasteiger partial charge in [-0.2, -0.15) is 4.21 Å². The quantitative estimate of drug-likeness (QED) is 0.500. The highest BCUT2D eigenvalue weighted by molar-refractivity contribution is 7.73. The van der Waals surface area contributed by atoms with Gasteiger partial charge in [0.25, 0.3) is 0 Å². The van der Waals surface area contributed by atoms with Crippen LogP contribution in [-0.2, 0) is 20.1 Å². The van der Waals surface area contributed by atoms with E-state index in [4.69, 9.17) is 0 Å². The fourth-order valence-electron chi connectivity index (χ4n) is 0.104. The van der Waals surface area contributed by atoms with Crippen LogP contribution in [0.4, 0.5) is 0 Å². The topological polar surface area (TPSA) is 46.2 Å². The molecule has 1 atom stereocenters. The van der Waals surface area contributed by atoms with Crippen LogP contribution in [0.25, 0.3) is 0 Å². The first kappa shape index (κ1) is 6.81. The van der Waals surface area contributed by atoms with Crippen molar-refractivity contribution in [2.75, 3.05) is 6.61 Å². The first-order valence-electron chi connectivity index (χ1n) is 1.61. The van der Waals surface area contributed by atoms with Crippen LogP contribution in [-0.4, -0.2) is 10.8 Å². The SMILES string of the molecule is C=CCOS([O])=O. The fraction of sp³-hybridized carbons (Fsp3) is 0.333. The minimum atomic E-state index is -2.39. The fourth-order valence-corrected chi connectivity index (χ4v) is 0.311. The highest BCUT2D eigenvalue weighted by Gasteiger charge is 1.87. The van der Waals surface area contributed by atoms with Crippen molar-refractivity contribution in [3.63, 3.8) is 0 Å². The molecule has 7 heavy (non-hydrogen) atoms. The molecule has 0 rings (SSSR count). The van der Waals surface area contributed by atoms with Gasteiger partial charge in [0.15, 0.2) is 0 Å². The molecule has 0 amide bonds. The van der Waals surface area contributed by atoms with Crippen LogP contribution in [0, 0.1) is 0 Å². The summed E-state index contributed by atoms with van der Waals surface area (Å²) in [7, 11) is 0. The molecule has 0 fully saturated rings. The lowest BCUT2D eigenvalue weighted by Gasteiger charge is -1.84. The molecule has 0 heterocycles. The van der Waals surface area contributed by atoms with Gasteiger partial charge < -0.3 is 0 Å². The van der Waals surface area contributed by atoms with Crippen LogP contribution >= 0.6 is 0 Å². The van der Waals surface area contributed by atoms with Gasteiger partial charge in [0, 0.05) is 0 Å². The van der Waals surface area contributed by atoms with E-state index in [1.807, 2.05) is 0 Å². The van der Waals surface area contributed by atoms with E-state index >= 15 is 0 Å². The molecule has 0 N–H and O–H groups in total. The summed E-state index contributed by atoms with van der Waals surface area (Å²) in [4.78, 5) is 0. The van der Waals surface area contributed by atoms with Gasteiger partial charge in [-0.25, -0.2) is 0 Å². The van der Waals surface area contributed by atoms with Crippen molar-refractivity contribution in [1.29, 1.82) is 0 Å². The molecule has 1 unspecified atom stereocenters. The van der Waals surface area contributed by atoms with E-state index in [-0.39, 0.29) is 6.61 Å². The minimum absolute atomic E-state index is 0.0517. The number of hydrogen-bond donors (Lipinski definition) is 0. The Balaban J connectivity index is 2.97. The van der Waals surface area contributed by atoms with E-state index in [1.165, 1.54) is 6.08 Å². The molecule has 0 aromatic heterocycles. The molecule has 3 nitrogen and oxygen atoms in total. The lowest BCUT2D eigenvalue weighted by atomic mass is 10.7. The van der Waals surface area contributed by atoms with Crippen LogP contribution in [0.3, 0.4) is 0 Å². The zero-order chi connectivity index (χ0) is 5.70. The molecule has 0 aliphatic carbocycles. The molecule has 0 saturated heterocycles. The summed E-state index contributed by atoms with van der Waals surface area (Å²) in [5.41, 5.74) is 0. The summed E-state index contributed by atoms with van der Waals surface area (Å²) in [5, 5.41) is 0. The summed E-state index contributed by atoms with van der Waals surface area (Å²) < 4.78 is 23.0. The molecular formula is C3H5O3S. The van der Waals surface area contributed by atoms with Crippen molar-refractivity contribution >= 4 is 11.4 Å². The molecule has 41 valence electrons. The third-order valence-corrected chi connectivity index (χ3v) is 0.611. The number of rotatable bonds is 3. The first-order valence-corrected chi connectivity index (χ1v) is 2.61. The number of hydrogen-bond acceptors (Lipinski definition) is 2. The van der Waals surface area contributed by atoms with Crippen molar-refractivity contribution in [3.05, 3.63) is 12.7 Å². The maximum Gasteiger partial charge on any atom is 0.335 e. The molecule has 0 aliphatic rings. The normalized spacial score (nSPS) is 13.3. The highest BCUT2D eigenvalue weighted by Crippen LogP contribution is 1.77. The Kier molecular flexibility index (Phi) is 3.87. The summed E-state index contributed by atoms with van der Waals surface area (Å²) in [6, 6.07) is 0. The summed E-state index contributed by atoms with van der Waals surface area (Å²) >= 11 is -2.39. The van der Waals surface area contributed by atoms with E-state index in [2.05, 4.69) is 10.8 Å². The third kappa shape index (κ3) is 5.81. The van der Waals surface area contributed by atoms with Crippen molar-refractivity contribution < 1.29 is 12.9 Å². The maximum absolute atomic E-state index is 9.49. The average Bonchev–Trinajstić information content (AvgIpc) is 1.61. The molecule has 1 radical (unpaired) electrons. The first-order chi connectivity index (χ1) is 3.27. The molecule has 0 aromatic rings. The minimum Gasteiger partial charge on any atom is -0.263 e. The molecule has 0 aromatic carbocycles. The van der Waals surface area contributed by atoms with Gasteiger partial charge in [0.2, 0.25) is 0 Å².